The maximum absolute atomic E-state index is 13.3. The Morgan fingerprint density at radius 2 is 2.20 bits per heavy atom. The highest BCUT2D eigenvalue weighted by Crippen LogP contribution is 2.34. The molecule has 2 rings (SSSR count). The normalized spacial score (nSPS) is 25.8. The Bertz CT molecular complexity index is 356. The van der Waals surface area contributed by atoms with Gasteiger partial charge in [0.2, 0.25) is 0 Å². The molecule has 0 spiro atoms. The van der Waals surface area contributed by atoms with Crippen molar-refractivity contribution in [3.8, 4) is 0 Å². The van der Waals surface area contributed by atoms with Crippen LogP contribution in [0.25, 0.3) is 0 Å². The van der Waals surface area contributed by atoms with E-state index < -0.39 is 0 Å². The second-order valence-electron chi connectivity index (χ2n) is 3.65. The molecule has 0 bridgehead atoms. The Kier molecular flexibility index (Phi) is 3.80. The number of ether oxygens (including phenoxy) is 1. The summed E-state index contributed by atoms with van der Waals surface area (Å²) in [4.78, 5) is 0. The molecule has 1 heterocycles. The van der Waals surface area contributed by atoms with Crippen LogP contribution < -0.4 is 0 Å². The van der Waals surface area contributed by atoms with Crippen LogP contribution in [-0.2, 0) is 4.74 Å². The van der Waals surface area contributed by atoms with Crippen LogP contribution in [0.3, 0.4) is 0 Å². The maximum atomic E-state index is 13.3. The van der Waals surface area contributed by atoms with Gasteiger partial charge in [-0.2, -0.15) is 0 Å². The van der Waals surface area contributed by atoms with E-state index in [0.717, 1.165) is 23.7 Å². The molecule has 0 aliphatic carbocycles. The van der Waals surface area contributed by atoms with Gasteiger partial charge in [0.1, 0.15) is 5.82 Å². The molecule has 1 saturated heterocycles. The quantitative estimate of drug-likeness (QED) is 0.735. The van der Waals surface area contributed by atoms with Gasteiger partial charge in [-0.15, -0.1) is 0 Å². The Labute approximate surface area is 105 Å². The van der Waals surface area contributed by atoms with Gasteiger partial charge in [-0.1, -0.05) is 22.0 Å². The van der Waals surface area contributed by atoms with Crippen LogP contribution >= 0.6 is 31.9 Å². The minimum absolute atomic E-state index is 0.0511. The van der Waals surface area contributed by atoms with E-state index in [0.29, 0.717) is 4.47 Å². The van der Waals surface area contributed by atoms with Crippen molar-refractivity contribution >= 4 is 31.9 Å². The third-order valence-electron chi connectivity index (χ3n) is 2.60. The minimum Gasteiger partial charge on any atom is -0.369 e. The third-order valence-corrected chi connectivity index (χ3v) is 3.96. The van der Waals surface area contributed by atoms with Gasteiger partial charge in [0.15, 0.2) is 0 Å². The molecule has 1 aromatic rings. The lowest BCUT2D eigenvalue weighted by molar-refractivity contribution is 0.0586. The van der Waals surface area contributed by atoms with Crippen LogP contribution in [0, 0.1) is 5.82 Å². The van der Waals surface area contributed by atoms with Gasteiger partial charge >= 0.3 is 0 Å². The number of hydrogen-bond acceptors (Lipinski definition) is 1. The van der Waals surface area contributed by atoms with Crippen LogP contribution in [0.1, 0.15) is 24.5 Å². The SMILES string of the molecule is Fc1cc(C2CCC(CBr)O2)ccc1Br. The summed E-state index contributed by atoms with van der Waals surface area (Å²) in [5.74, 6) is -0.224. The number of halogens is 3. The summed E-state index contributed by atoms with van der Waals surface area (Å²) in [5, 5.41) is 0.850. The average molecular weight is 338 g/mol. The fraction of sp³-hybridized carbons (Fsp3) is 0.455. The molecule has 1 aliphatic heterocycles. The van der Waals surface area contributed by atoms with E-state index in [1.807, 2.05) is 6.07 Å². The van der Waals surface area contributed by atoms with Crippen molar-refractivity contribution in [3.05, 3.63) is 34.1 Å². The molecule has 2 atom stereocenters. The summed E-state index contributed by atoms with van der Waals surface area (Å²) in [7, 11) is 0. The first-order valence-corrected chi connectivity index (χ1v) is 6.78. The second-order valence-corrected chi connectivity index (χ2v) is 5.15. The standard InChI is InChI=1S/C11H11Br2FO/c12-6-8-2-4-11(15-8)7-1-3-9(13)10(14)5-7/h1,3,5,8,11H,2,4,6H2. The zero-order chi connectivity index (χ0) is 10.8. The van der Waals surface area contributed by atoms with Crippen molar-refractivity contribution in [3.63, 3.8) is 0 Å². The molecule has 1 nitrogen and oxygen atoms in total. The molecule has 4 heteroatoms. The first-order chi connectivity index (χ1) is 7.20. The average Bonchev–Trinajstić information content (AvgIpc) is 2.70. The van der Waals surface area contributed by atoms with E-state index in [4.69, 9.17) is 4.74 Å². The lowest BCUT2D eigenvalue weighted by Gasteiger charge is -2.12. The molecule has 1 aliphatic rings. The largest absolute Gasteiger partial charge is 0.369 e. The number of alkyl halides is 1. The maximum Gasteiger partial charge on any atom is 0.137 e. The zero-order valence-electron chi connectivity index (χ0n) is 8.05. The molecule has 0 N–H and O–H groups in total. The lowest BCUT2D eigenvalue weighted by atomic mass is 10.1. The van der Waals surface area contributed by atoms with Crippen LogP contribution in [-0.4, -0.2) is 11.4 Å². The van der Waals surface area contributed by atoms with Crippen LogP contribution in [0.5, 0.6) is 0 Å². The fourth-order valence-electron chi connectivity index (χ4n) is 1.78. The highest BCUT2D eigenvalue weighted by molar-refractivity contribution is 9.10. The zero-order valence-corrected chi connectivity index (χ0v) is 11.2. The smallest absolute Gasteiger partial charge is 0.137 e. The van der Waals surface area contributed by atoms with Crippen molar-refractivity contribution in [2.75, 3.05) is 5.33 Å². The van der Waals surface area contributed by atoms with Gasteiger partial charge in [-0.3, -0.25) is 0 Å². The Hall–Kier alpha value is 0.0700. The fourth-order valence-corrected chi connectivity index (χ4v) is 2.50. The molecule has 0 radical (unpaired) electrons. The van der Waals surface area contributed by atoms with Crippen molar-refractivity contribution in [1.29, 1.82) is 0 Å². The molecular weight excluding hydrogens is 327 g/mol. The van der Waals surface area contributed by atoms with Crippen LogP contribution in [0.2, 0.25) is 0 Å². The van der Waals surface area contributed by atoms with E-state index in [-0.39, 0.29) is 18.0 Å². The van der Waals surface area contributed by atoms with Gasteiger partial charge in [-0.05, 0) is 46.5 Å². The highest BCUT2D eigenvalue weighted by Gasteiger charge is 2.25. The van der Waals surface area contributed by atoms with Gasteiger partial charge < -0.3 is 4.74 Å². The Morgan fingerprint density at radius 3 is 2.80 bits per heavy atom. The summed E-state index contributed by atoms with van der Waals surface area (Å²) < 4.78 is 19.6. The van der Waals surface area contributed by atoms with Crippen molar-refractivity contribution in [2.45, 2.75) is 25.0 Å². The van der Waals surface area contributed by atoms with Crippen LogP contribution in [0.4, 0.5) is 4.39 Å². The van der Waals surface area contributed by atoms with Crippen molar-refractivity contribution in [1.82, 2.24) is 0 Å². The predicted octanol–water partition coefficient (Wildman–Crippen LogP) is 4.20. The predicted molar refractivity (Wildman–Crippen MR) is 64.7 cm³/mol. The Morgan fingerprint density at radius 1 is 1.40 bits per heavy atom. The summed E-state index contributed by atoms with van der Waals surface area (Å²) in [5.41, 5.74) is 0.930. The van der Waals surface area contributed by atoms with Crippen molar-refractivity contribution < 1.29 is 9.13 Å². The first-order valence-electron chi connectivity index (χ1n) is 4.87. The van der Waals surface area contributed by atoms with E-state index in [1.165, 1.54) is 0 Å². The first kappa shape index (κ1) is 11.6. The lowest BCUT2D eigenvalue weighted by Crippen LogP contribution is -2.07. The van der Waals surface area contributed by atoms with Crippen LogP contribution in [0.15, 0.2) is 22.7 Å². The molecule has 0 saturated carbocycles. The van der Waals surface area contributed by atoms with E-state index in [9.17, 15) is 4.39 Å². The highest BCUT2D eigenvalue weighted by atomic mass is 79.9. The summed E-state index contributed by atoms with van der Waals surface area (Å²) >= 11 is 6.54. The number of rotatable bonds is 2. The molecule has 82 valence electrons. The Balaban J connectivity index is 2.13. The summed E-state index contributed by atoms with van der Waals surface area (Å²) in [6.07, 6.45) is 2.32. The van der Waals surface area contributed by atoms with Gasteiger partial charge in [-0.25, -0.2) is 4.39 Å². The second kappa shape index (κ2) is 4.93. The van der Waals surface area contributed by atoms with Gasteiger partial charge in [0, 0.05) is 5.33 Å². The molecule has 1 aromatic carbocycles. The van der Waals surface area contributed by atoms with E-state index in [1.54, 1.807) is 12.1 Å². The van der Waals surface area contributed by atoms with E-state index >= 15 is 0 Å². The van der Waals surface area contributed by atoms with Gasteiger partial charge in [0.25, 0.3) is 0 Å². The summed E-state index contributed by atoms with van der Waals surface area (Å²) in [6.45, 7) is 0. The molecule has 0 amide bonds. The molecule has 2 unspecified atom stereocenters. The molecule has 0 aromatic heterocycles. The monoisotopic (exact) mass is 336 g/mol. The molecular formula is C11H11Br2FO. The number of benzene rings is 1. The molecule has 1 fully saturated rings. The summed E-state index contributed by atoms with van der Waals surface area (Å²) in [6, 6.07) is 5.19. The topological polar surface area (TPSA) is 9.23 Å². The number of hydrogen-bond donors (Lipinski definition) is 0. The third kappa shape index (κ3) is 2.60. The van der Waals surface area contributed by atoms with Gasteiger partial charge in [0.05, 0.1) is 16.7 Å². The van der Waals surface area contributed by atoms with Crippen molar-refractivity contribution in [2.24, 2.45) is 0 Å². The molecule has 15 heavy (non-hydrogen) atoms. The minimum atomic E-state index is -0.224. The van der Waals surface area contributed by atoms with E-state index in [2.05, 4.69) is 31.9 Å².